The average molecular weight is 351 g/mol. The van der Waals surface area contributed by atoms with Crippen molar-refractivity contribution >= 4 is 5.78 Å². The van der Waals surface area contributed by atoms with E-state index in [1.807, 2.05) is 11.4 Å². The Morgan fingerprint density at radius 3 is 2.96 bits per heavy atom. The zero-order chi connectivity index (χ0) is 18.1. The summed E-state index contributed by atoms with van der Waals surface area (Å²) >= 11 is 0. The zero-order valence-electron chi connectivity index (χ0n) is 15.6. The molecular weight excluding hydrogens is 326 g/mol. The van der Waals surface area contributed by atoms with Crippen LogP contribution in [0.25, 0.3) is 5.78 Å². The van der Waals surface area contributed by atoms with Crippen LogP contribution in [0.1, 0.15) is 41.3 Å². The van der Waals surface area contributed by atoms with E-state index < -0.39 is 0 Å². The Labute approximate surface area is 153 Å². The number of nitrogens with zero attached hydrogens (tertiary/aromatic N) is 5. The number of hydrogen-bond donors (Lipinski definition) is 0. The van der Waals surface area contributed by atoms with Crippen LogP contribution in [0.15, 0.2) is 30.6 Å². The van der Waals surface area contributed by atoms with Crippen LogP contribution in [0.3, 0.4) is 0 Å². The lowest BCUT2D eigenvalue weighted by Gasteiger charge is -2.33. The van der Waals surface area contributed by atoms with Gasteiger partial charge in [-0.1, -0.05) is 12.1 Å². The van der Waals surface area contributed by atoms with E-state index in [0.29, 0.717) is 11.7 Å². The number of rotatable bonds is 4. The summed E-state index contributed by atoms with van der Waals surface area (Å²) in [5.74, 6) is 2.11. The zero-order valence-corrected chi connectivity index (χ0v) is 15.6. The van der Waals surface area contributed by atoms with Gasteiger partial charge in [0.05, 0.1) is 12.8 Å². The van der Waals surface area contributed by atoms with Crippen LogP contribution in [0.4, 0.5) is 0 Å². The Hall–Kier alpha value is -2.47. The molecule has 0 bridgehead atoms. The molecule has 0 amide bonds. The maximum Gasteiger partial charge on any atom is 0.252 e. The fraction of sp³-hybridized carbons (Fsp3) is 0.450. The van der Waals surface area contributed by atoms with Crippen molar-refractivity contribution in [2.75, 3.05) is 20.2 Å². The molecule has 26 heavy (non-hydrogen) atoms. The molecule has 136 valence electrons. The summed E-state index contributed by atoms with van der Waals surface area (Å²) in [6.45, 7) is 7.15. The predicted octanol–water partition coefficient (Wildman–Crippen LogP) is 3.13. The second-order valence-corrected chi connectivity index (χ2v) is 7.18. The minimum atomic E-state index is 0.436. The molecule has 1 fully saturated rings. The molecule has 0 saturated carbocycles. The molecule has 6 heteroatoms. The molecule has 3 heterocycles. The molecule has 1 aliphatic heterocycles. The molecule has 0 aliphatic carbocycles. The highest BCUT2D eigenvalue weighted by Crippen LogP contribution is 2.29. The van der Waals surface area contributed by atoms with Crippen molar-refractivity contribution in [1.82, 2.24) is 24.5 Å². The SMILES string of the molecule is COc1cc(C)ccc1CN1CCCC(c2cc(C)nc3ncnn23)C1. The van der Waals surface area contributed by atoms with Crippen molar-refractivity contribution < 1.29 is 4.74 Å². The lowest BCUT2D eigenvalue weighted by Crippen LogP contribution is -2.34. The van der Waals surface area contributed by atoms with Gasteiger partial charge in [0.15, 0.2) is 0 Å². The highest BCUT2D eigenvalue weighted by atomic mass is 16.5. The minimum Gasteiger partial charge on any atom is -0.496 e. The van der Waals surface area contributed by atoms with Crippen molar-refractivity contribution in [3.8, 4) is 5.75 Å². The first-order valence-corrected chi connectivity index (χ1v) is 9.17. The largest absolute Gasteiger partial charge is 0.496 e. The highest BCUT2D eigenvalue weighted by molar-refractivity contribution is 5.37. The van der Waals surface area contributed by atoms with Crippen molar-refractivity contribution in [1.29, 1.82) is 0 Å². The van der Waals surface area contributed by atoms with Gasteiger partial charge in [-0.15, -0.1) is 0 Å². The molecule has 1 unspecified atom stereocenters. The molecule has 6 nitrogen and oxygen atoms in total. The Morgan fingerprint density at radius 1 is 1.23 bits per heavy atom. The van der Waals surface area contributed by atoms with E-state index in [1.165, 1.54) is 29.7 Å². The summed E-state index contributed by atoms with van der Waals surface area (Å²) in [4.78, 5) is 11.2. The average Bonchev–Trinajstić information content (AvgIpc) is 3.11. The predicted molar refractivity (Wildman–Crippen MR) is 101 cm³/mol. The van der Waals surface area contributed by atoms with Crippen molar-refractivity contribution in [3.63, 3.8) is 0 Å². The third kappa shape index (κ3) is 3.29. The van der Waals surface area contributed by atoms with Crippen LogP contribution in [-0.2, 0) is 6.54 Å². The van der Waals surface area contributed by atoms with Crippen LogP contribution in [0, 0.1) is 13.8 Å². The van der Waals surface area contributed by atoms with Gasteiger partial charge in [0, 0.05) is 30.3 Å². The number of aryl methyl sites for hydroxylation is 2. The summed E-state index contributed by atoms with van der Waals surface area (Å²) in [6.07, 6.45) is 3.93. The van der Waals surface area contributed by atoms with Gasteiger partial charge in [-0.2, -0.15) is 10.1 Å². The van der Waals surface area contributed by atoms with Gasteiger partial charge >= 0.3 is 0 Å². The summed E-state index contributed by atoms with van der Waals surface area (Å²) in [6, 6.07) is 8.61. The van der Waals surface area contributed by atoms with E-state index in [2.05, 4.69) is 51.2 Å². The van der Waals surface area contributed by atoms with Gasteiger partial charge < -0.3 is 4.74 Å². The fourth-order valence-electron chi connectivity index (χ4n) is 3.91. The van der Waals surface area contributed by atoms with Gasteiger partial charge in [0.1, 0.15) is 12.1 Å². The Balaban J connectivity index is 1.57. The Kier molecular flexibility index (Phi) is 4.59. The molecule has 1 atom stereocenters. The van der Waals surface area contributed by atoms with Crippen LogP contribution in [0.5, 0.6) is 5.75 Å². The normalized spacial score (nSPS) is 18.3. The topological polar surface area (TPSA) is 55.5 Å². The number of piperidine rings is 1. The molecule has 3 aromatic rings. The van der Waals surface area contributed by atoms with Gasteiger partial charge in [-0.25, -0.2) is 9.50 Å². The second kappa shape index (κ2) is 7.03. The lowest BCUT2D eigenvalue weighted by molar-refractivity contribution is 0.195. The van der Waals surface area contributed by atoms with Crippen molar-refractivity contribution in [3.05, 3.63) is 53.1 Å². The molecular formula is C20H25N5O. The molecule has 0 spiro atoms. The summed E-state index contributed by atoms with van der Waals surface area (Å²) in [5.41, 5.74) is 4.68. The quantitative estimate of drug-likeness (QED) is 0.723. The van der Waals surface area contributed by atoms with Crippen molar-refractivity contribution in [2.24, 2.45) is 0 Å². The van der Waals surface area contributed by atoms with E-state index in [1.54, 1.807) is 13.4 Å². The van der Waals surface area contributed by atoms with E-state index in [9.17, 15) is 0 Å². The fourth-order valence-corrected chi connectivity index (χ4v) is 3.91. The number of hydrogen-bond acceptors (Lipinski definition) is 5. The molecule has 0 radical (unpaired) electrons. The Morgan fingerprint density at radius 2 is 2.12 bits per heavy atom. The van der Waals surface area contributed by atoms with E-state index in [0.717, 1.165) is 31.1 Å². The van der Waals surface area contributed by atoms with Crippen LogP contribution in [-0.4, -0.2) is 44.7 Å². The maximum absolute atomic E-state index is 5.58. The monoisotopic (exact) mass is 351 g/mol. The third-order valence-corrected chi connectivity index (χ3v) is 5.17. The number of ether oxygens (including phenoxy) is 1. The molecule has 1 saturated heterocycles. The van der Waals surface area contributed by atoms with Gasteiger partial charge in [0.25, 0.3) is 5.78 Å². The number of methoxy groups -OCH3 is 1. The summed E-state index contributed by atoms with van der Waals surface area (Å²) in [7, 11) is 1.75. The molecule has 0 N–H and O–H groups in total. The van der Waals surface area contributed by atoms with Crippen molar-refractivity contribution in [2.45, 2.75) is 39.2 Å². The van der Waals surface area contributed by atoms with Gasteiger partial charge in [-0.05, 0) is 50.9 Å². The van der Waals surface area contributed by atoms with Gasteiger partial charge in [0.2, 0.25) is 0 Å². The Bertz CT molecular complexity index is 920. The molecule has 2 aromatic heterocycles. The van der Waals surface area contributed by atoms with E-state index in [4.69, 9.17) is 4.74 Å². The number of aromatic nitrogens is 4. The molecule has 1 aliphatic rings. The first-order valence-electron chi connectivity index (χ1n) is 9.17. The highest BCUT2D eigenvalue weighted by Gasteiger charge is 2.25. The number of fused-ring (bicyclic) bond motifs is 1. The number of benzene rings is 1. The van der Waals surface area contributed by atoms with E-state index >= 15 is 0 Å². The third-order valence-electron chi connectivity index (χ3n) is 5.17. The smallest absolute Gasteiger partial charge is 0.252 e. The second-order valence-electron chi connectivity index (χ2n) is 7.18. The molecule has 1 aromatic carbocycles. The molecule has 4 rings (SSSR count). The first-order chi connectivity index (χ1) is 12.6. The minimum absolute atomic E-state index is 0.436. The summed E-state index contributed by atoms with van der Waals surface area (Å²) in [5, 5.41) is 4.39. The standard InChI is InChI=1S/C20H25N5O/c1-14-6-7-17(19(9-14)26-3)12-24-8-4-5-16(11-24)18-10-15(2)23-20-21-13-22-25(18)20/h6-7,9-10,13,16H,4-5,8,11-12H2,1-3H3. The van der Waals surface area contributed by atoms with Gasteiger partial charge in [-0.3, -0.25) is 4.90 Å². The first kappa shape index (κ1) is 17.0. The van der Waals surface area contributed by atoms with Crippen LogP contribution < -0.4 is 4.74 Å². The van der Waals surface area contributed by atoms with E-state index in [-0.39, 0.29) is 0 Å². The maximum atomic E-state index is 5.58. The summed E-state index contributed by atoms with van der Waals surface area (Å²) < 4.78 is 7.48. The van der Waals surface area contributed by atoms with Crippen LogP contribution >= 0.6 is 0 Å². The number of likely N-dealkylation sites (tertiary alicyclic amines) is 1. The lowest BCUT2D eigenvalue weighted by atomic mass is 9.93. The van der Waals surface area contributed by atoms with Crippen LogP contribution in [0.2, 0.25) is 0 Å².